The summed E-state index contributed by atoms with van der Waals surface area (Å²) in [7, 11) is 1.67. The van der Waals surface area contributed by atoms with Gasteiger partial charge >= 0.3 is 0 Å². The topological polar surface area (TPSA) is 34.1 Å². The van der Waals surface area contributed by atoms with Gasteiger partial charge in [0.05, 0.1) is 18.5 Å². The van der Waals surface area contributed by atoms with Crippen LogP contribution in [-0.4, -0.2) is 12.1 Å². The van der Waals surface area contributed by atoms with Crippen LogP contribution in [0.2, 0.25) is 0 Å². The van der Waals surface area contributed by atoms with E-state index in [0.717, 1.165) is 27.8 Å². The molecule has 1 heterocycles. The second-order valence-electron chi connectivity index (χ2n) is 5.12. The number of rotatable bonds is 4. The zero-order valence-electron chi connectivity index (χ0n) is 12.9. The summed E-state index contributed by atoms with van der Waals surface area (Å²) in [6.45, 7) is 4.19. The van der Waals surface area contributed by atoms with Gasteiger partial charge in [-0.2, -0.15) is 0 Å². The second kappa shape index (κ2) is 6.20. The molecule has 0 unspecified atom stereocenters. The zero-order valence-corrected chi connectivity index (χ0v) is 13.7. The Bertz CT molecular complexity index is 778. The van der Waals surface area contributed by atoms with Crippen LogP contribution in [0.25, 0.3) is 11.3 Å². The van der Waals surface area contributed by atoms with E-state index < -0.39 is 0 Å². The molecule has 0 aliphatic heterocycles. The Morgan fingerprint density at radius 2 is 1.73 bits per heavy atom. The monoisotopic (exact) mass is 310 g/mol. The van der Waals surface area contributed by atoms with Crippen molar-refractivity contribution in [3.63, 3.8) is 0 Å². The van der Waals surface area contributed by atoms with Crippen molar-refractivity contribution >= 4 is 22.2 Å². The largest absolute Gasteiger partial charge is 0.495 e. The van der Waals surface area contributed by atoms with Crippen molar-refractivity contribution in [1.29, 1.82) is 0 Å². The molecule has 1 aromatic heterocycles. The molecule has 0 saturated heterocycles. The standard InChI is InChI=1S/C18H18N2OS/c1-12-8-10-14(11-9-12)17-13(2)22-18(20-17)19-15-6-4-5-7-16(15)21-3/h4-11H,1-3H3,(H,19,20). The summed E-state index contributed by atoms with van der Waals surface area (Å²) in [5.74, 6) is 0.812. The summed E-state index contributed by atoms with van der Waals surface area (Å²) < 4.78 is 5.37. The van der Waals surface area contributed by atoms with Gasteiger partial charge in [-0.3, -0.25) is 0 Å². The van der Waals surface area contributed by atoms with Crippen LogP contribution < -0.4 is 10.1 Å². The average molecular weight is 310 g/mol. The van der Waals surface area contributed by atoms with E-state index in [4.69, 9.17) is 9.72 Å². The Hall–Kier alpha value is -2.33. The maximum atomic E-state index is 5.37. The Balaban J connectivity index is 1.90. The molecule has 2 aromatic carbocycles. The third-order valence-corrected chi connectivity index (χ3v) is 4.36. The smallest absolute Gasteiger partial charge is 0.188 e. The number of nitrogens with one attached hydrogen (secondary N) is 1. The average Bonchev–Trinajstić information content (AvgIpc) is 2.89. The lowest BCUT2D eigenvalue weighted by Crippen LogP contribution is -1.93. The first-order valence-corrected chi connectivity index (χ1v) is 7.93. The highest BCUT2D eigenvalue weighted by atomic mass is 32.1. The van der Waals surface area contributed by atoms with Crippen LogP contribution in [-0.2, 0) is 0 Å². The van der Waals surface area contributed by atoms with Gasteiger partial charge in [0.25, 0.3) is 0 Å². The Kier molecular flexibility index (Phi) is 4.11. The number of aromatic nitrogens is 1. The Labute approximate surface area is 134 Å². The van der Waals surface area contributed by atoms with Crippen molar-refractivity contribution in [2.24, 2.45) is 0 Å². The fourth-order valence-corrected chi connectivity index (χ4v) is 3.14. The maximum Gasteiger partial charge on any atom is 0.188 e. The molecule has 1 N–H and O–H groups in total. The molecule has 0 aliphatic carbocycles. The zero-order chi connectivity index (χ0) is 15.5. The Morgan fingerprint density at radius 3 is 2.45 bits per heavy atom. The van der Waals surface area contributed by atoms with Crippen molar-refractivity contribution in [3.05, 3.63) is 59.0 Å². The first-order chi connectivity index (χ1) is 10.7. The van der Waals surface area contributed by atoms with E-state index in [-0.39, 0.29) is 0 Å². The van der Waals surface area contributed by atoms with E-state index >= 15 is 0 Å². The number of aryl methyl sites for hydroxylation is 2. The highest BCUT2D eigenvalue weighted by molar-refractivity contribution is 7.16. The van der Waals surface area contributed by atoms with Gasteiger partial charge in [-0.15, -0.1) is 11.3 Å². The Morgan fingerprint density at radius 1 is 1.00 bits per heavy atom. The minimum atomic E-state index is 0.812. The number of methoxy groups -OCH3 is 1. The van der Waals surface area contributed by atoms with Gasteiger partial charge in [0.15, 0.2) is 5.13 Å². The second-order valence-corrected chi connectivity index (χ2v) is 6.32. The van der Waals surface area contributed by atoms with Gasteiger partial charge in [-0.25, -0.2) is 4.98 Å². The molecule has 4 heteroatoms. The molecule has 0 bridgehead atoms. The fraction of sp³-hybridized carbons (Fsp3) is 0.167. The number of ether oxygens (including phenoxy) is 1. The highest BCUT2D eigenvalue weighted by Gasteiger charge is 2.11. The van der Waals surface area contributed by atoms with Crippen molar-refractivity contribution in [2.75, 3.05) is 12.4 Å². The van der Waals surface area contributed by atoms with Crippen LogP contribution in [0.4, 0.5) is 10.8 Å². The maximum absolute atomic E-state index is 5.37. The van der Waals surface area contributed by atoms with Crippen LogP contribution in [0.1, 0.15) is 10.4 Å². The predicted molar refractivity (Wildman–Crippen MR) is 93.3 cm³/mol. The first-order valence-electron chi connectivity index (χ1n) is 7.12. The van der Waals surface area contributed by atoms with E-state index in [0.29, 0.717) is 0 Å². The van der Waals surface area contributed by atoms with Gasteiger partial charge < -0.3 is 10.1 Å². The molecule has 3 nitrogen and oxygen atoms in total. The van der Waals surface area contributed by atoms with E-state index in [2.05, 4.69) is 43.4 Å². The molecule has 112 valence electrons. The molecule has 0 saturated carbocycles. The quantitative estimate of drug-likeness (QED) is 0.721. The molecule has 0 aliphatic rings. The highest BCUT2D eigenvalue weighted by Crippen LogP contribution is 2.34. The first kappa shape index (κ1) is 14.6. The summed E-state index contributed by atoms with van der Waals surface area (Å²) in [6, 6.07) is 16.3. The summed E-state index contributed by atoms with van der Waals surface area (Å²) in [5.41, 5.74) is 4.35. The molecule has 0 amide bonds. The van der Waals surface area contributed by atoms with Crippen LogP contribution in [0, 0.1) is 13.8 Å². The van der Waals surface area contributed by atoms with Gasteiger partial charge in [-0.1, -0.05) is 42.0 Å². The van der Waals surface area contributed by atoms with Crippen molar-refractivity contribution in [2.45, 2.75) is 13.8 Å². The molecule has 22 heavy (non-hydrogen) atoms. The molecular weight excluding hydrogens is 292 g/mol. The number of nitrogens with zero attached hydrogens (tertiary/aromatic N) is 1. The van der Waals surface area contributed by atoms with Gasteiger partial charge in [0.1, 0.15) is 5.75 Å². The molecule has 3 aromatic rings. The SMILES string of the molecule is COc1ccccc1Nc1nc(-c2ccc(C)cc2)c(C)s1. The number of thiazole rings is 1. The van der Waals surface area contributed by atoms with E-state index in [1.165, 1.54) is 10.4 Å². The van der Waals surface area contributed by atoms with Crippen LogP contribution >= 0.6 is 11.3 Å². The molecule has 0 radical (unpaired) electrons. The molecule has 0 atom stereocenters. The van der Waals surface area contributed by atoms with Crippen LogP contribution in [0.15, 0.2) is 48.5 Å². The lowest BCUT2D eigenvalue weighted by molar-refractivity contribution is 0.417. The fourth-order valence-electron chi connectivity index (χ4n) is 2.29. The normalized spacial score (nSPS) is 10.5. The minimum Gasteiger partial charge on any atom is -0.495 e. The van der Waals surface area contributed by atoms with E-state index in [1.807, 2.05) is 24.3 Å². The molecular formula is C18H18N2OS. The number of para-hydroxylation sites is 2. The van der Waals surface area contributed by atoms with Crippen molar-refractivity contribution in [1.82, 2.24) is 4.98 Å². The number of hydrogen-bond acceptors (Lipinski definition) is 4. The van der Waals surface area contributed by atoms with Crippen LogP contribution in [0.5, 0.6) is 5.75 Å². The van der Waals surface area contributed by atoms with Gasteiger partial charge in [-0.05, 0) is 26.0 Å². The van der Waals surface area contributed by atoms with E-state index in [9.17, 15) is 0 Å². The van der Waals surface area contributed by atoms with Gasteiger partial charge in [0.2, 0.25) is 0 Å². The van der Waals surface area contributed by atoms with Crippen molar-refractivity contribution < 1.29 is 4.74 Å². The molecule has 0 spiro atoms. The number of hydrogen-bond donors (Lipinski definition) is 1. The summed E-state index contributed by atoms with van der Waals surface area (Å²) >= 11 is 1.65. The van der Waals surface area contributed by atoms with Crippen LogP contribution in [0.3, 0.4) is 0 Å². The number of benzene rings is 2. The number of anilines is 2. The summed E-state index contributed by atoms with van der Waals surface area (Å²) in [5, 5.41) is 4.22. The summed E-state index contributed by atoms with van der Waals surface area (Å²) in [4.78, 5) is 5.93. The third kappa shape index (κ3) is 2.97. The van der Waals surface area contributed by atoms with Gasteiger partial charge in [0, 0.05) is 10.4 Å². The summed E-state index contributed by atoms with van der Waals surface area (Å²) in [6.07, 6.45) is 0. The lowest BCUT2D eigenvalue weighted by atomic mass is 10.1. The molecule has 0 fully saturated rings. The third-order valence-electron chi connectivity index (χ3n) is 3.47. The van der Waals surface area contributed by atoms with E-state index in [1.54, 1.807) is 18.4 Å². The predicted octanol–water partition coefficient (Wildman–Crippen LogP) is 5.18. The van der Waals surface area contributed by atoms with Crippen molar-refractivity contribution in [3.8, 4) is 17.0 Å². The minimum absolute atomic E-state index is 0.812. The molecule has 3 rings (SSSR count). The lowest BCUT2D eigenvalue weighted by Gasteiger charge is -2.08.